The van der Waals surface area contributed by atoms with Crippen LogP contribution >= 0.6 is 0 Å². The summed E-state index contributed by atoms with van der Waals surface area (Å²) in [5, 5.41) is -0.683. The van der Waals surface area contributed by atoms with Crippen LogP contribution in [0.15, 0.2) is 174 Å². The molecule has 1 heterocycles. The van der Waals surface area contributed by atoms with Crippen LogP contribution in [-0.4, -0.2) is 0 Å². The van der Waals surface area contributed by atoms with Gasteiger partial charge in [0.15, 0.2) is 0 Å². The molecule has 0 aliphatic rings. The van der Waals surface area contributed by atoms with Crippen LogP contribution in [0.3, 0.4) is 0 Å². The lowest BCUT2D eigenvalue weighted by molar-refractivity contribution is 0.669. The van der Waals surface area contributed by atoms with E-state index in [0.717, 1.165) is 16.5 Å². The van der Waals surface area contributed by atoms with Crippen molar-refractivity contribution in [3.05, 3.63) is 169 Å². The Bertz CT molecular complexity index is 3720. The van der Waals surface area contributed by atoms with Crippen LogP contribution in [0.25, 0.3) is 98.4 Å². The summed E-state index contributed by atoms with van der Waals surface area (Å²) in [6.45, 7) is 0. The Balaban J connectivity index is 1.43. The molecule has 0 N–H and O–H groups in total. The first-order chi connectivity index (χ1) is 30.4. The second-order valence-electron chi connectivity index (χ2n) is 11.2. The molecule has 0 spiro atoms. The summed E-state index contributed by atoms with van der Waals surface area (Å²) < 4.78 is 159. The molecule has 0 fully saturated rings. The molecule has 10 aromatic rings. The van der Waals surface area contributed by atoms with Gasteiger partial charge in [-0.2, -0.15) is 0 Å². The van der Waals surface area contributed by atoms with Gasteiger partial charge < -0.3 is 4.42 Å². The maximum Gasteiger partial charge on any atom is 0.136 e. The molecule has 9 aromatic carbocycles. The van der Waals surface area contributed by atoms with Gasteiger partial charge in [0.25, 0.3) is 0 Å². The van der Waals surface area contributed by atoms with Gasteiger partial charge in [-0.05, 0) is 107 Å². The molecule has 0 saturated heterocycles. The number of hydrogen-bond donors (Lipinski definition) is 0. The van der Waals surface area contributed by atoms with E-state index >= 15 is 0 Å². The Morgan fingerprint density at radius 1 is 0.383 bits per heavy atom. The minimum atomic E-state index is -0.740. The Kier molecular flexibility index (Phi) is 3.14. The minimum Gasteiger partial charge on any atom is -0.456 e. The second kappa shape index (κ2) is 10.2. The maximum absolute atomic E-state index is 9.86. The summed E-state index contributed by atoms with van der Waals surface area (Å²) >= 11 is 0. The molecule has 1 nitrogen and oxygen atoms in total. The molecular formula is C46H28O. The zero-order valence-electron chi connectivity index (χ0n) is 41.3. The minimum absolute atomic E-state index is 0.0320. The predicted molar refractivity (Wildman–Crippen MR) is 200 cm³/mol. The molecule has 47 heavy (non-hydrogen) atoms. The van der Waals surface area contributed by atoms with E-state index < -0.39 is 119 Å². The number of fused-ring (bicyclic) bond motifs is 8. The maximum atomic E-state index is 9.86. The molecule has 0 radical (unpaired) electrons. The Labute approximate surface area is 295 Å². The van der Waals surface area contributed by atoms with Crippen LogP contribution in [0.5, 0.6) is 0 Å². The SMILES string of the molecule is [2H]c1c(-c2c3c([2H])c([2H])c([2H])c([2H])c3c(-c3ccc4cc(-c5ccccc5)ccc4c3)c3c([2H])c([2H])c([2H])c([2H])c23)c([2H])c2c(oc3c([2H])c([2H])c4c([2H])c([2H])c([2H])c([2H])c4c32)c1[2H]. The third-order valence-electron chi connectivity index (χ3n) is 8.56. The first kappa shape index (κ1) is 14.5. The van der Waals surface area contributed by atoms with Crippen molar-refractivity contribution in [1.29, 1.82) is 0 Å². The van der Waals surface area contributed by atoms with E-state index in [0.29, 0.717) is 10.9 Å². The molecule has 0 amide bonds. The summed E-state index contributed by atoms with van der Waals surface area (Å²) in [6.07, 6.45) is 0. The third kappa shape index (κ3) is 4.03. The van der Waals surface area contributed by atoms with Gasteiger partial charge in [0.2, 0.25) is 0 Å². The molecule has 1 heteroatoms. The van der Waals surface area contributed by atoms with Crippen LogP contribution in [0.2, 0.25) is 0 Å². The number of rotatable bonds is 3. The van der Waals surface area contributed by atoms with E-state index in [9.17, 15) is 9.60 Å². The normalized spacial score (nSPS) is 16.9. The van der Waals surface area contributed by atoms with Crippen molar-refractivity contribution in [1.82, 2.24) is 0 Å². The number of benzene rings is 9. The smallest absolute Gasteiger partial charge is 0.136 e. The highest BCUT2D eigenvalue weighted by Gasteiger charge is 2.18. The highest BCUT2D eigenvalue weighted by molar-refractivity contribution is 6.24. The van der Waals surface area contributed by atoms with E-state index in [1.54, 1.807) is 18.2 Å². The molecule has 0 unspecified atom stereocenters. The van der Waals surface area contributed by atoms with Crippen molar-refractivity contribution in [2.45, 2.75) is 0 Å². The molecule has 0 atom stereocenters. The lowest BCUT2D eigenvalue weighted by Gasteiger charge is -2.18. The second-order valence-corrected chi connectivity index (χ2v) is 11.2. The summed E-state index contributed by atoms with van der Waals surface area (Å²) in [7, 11) is 0. The molecule has 218 valence electrons. The molecule has 0 aliphatic heterocycles. The van der Waals surface area contributed by atoms with Gasteiger partial charge in [-0.1, -0.05) is 139 Å². The quantitative estimate of drug-likeness (QED) is 0.181. The summed E-state index contributed by atoms with van der Waals surface area (Å²) in [5.41, 5.74) is 0.552. The van der Waals surface area contributed by atoms with Gasteiger partial charge in [0.1, 0.15) is 11.2 Å². The Morgan fingerprint density at radius 3 is 1.66 bits per heavy atom. The monoisotopic (exact) mass is 613 g/mol. The molecule has 0 bridgehead atoms. The van der Waals surface area contributed by atoms with Crippen LogP contribution in [0, 0.1) is 0 Å². The van der Waals surface area contributed by atoms with E-state index in [1.807, 2.05) is 48.5 Å². The van der Waals surface area contributed by atoms with Gasteiger partial charge in [-0.3, -0.25) is 0 Å². The van der Waals surface area contributed by atoms with Crippen molar-refractivity contribution in [2.24, 2.45) is 0 Å². The number of hydrogen-bond acceptors (Lipinski definition) is 1. The molecule has 10 rings (SSSR count). The fraction of sp³-hybridized carbons (Fsp3) is 0. The predicted octanol–water partition coefficient (Wildman–Crippen LogP) is 13.2. The average molecular weight is 614 g/mol. The van der Waals surface area contributed by atoms with Crippen molar-refractivity contribution < 1.29 is 27.7 Å². The largest absolute Gasteiger partial charge is 0.456 e. The van der Waals surface area contributed by atoms with Crippen molar-refractivity contribution in [3.8, 4) is 33.4 Å². The highest BCUT2D eigenvalue weighted by Crippen LogP contribution is 2.45. The van der Waals surface area contributed by atoms with Gasteiger partial charge in [0.05, 0.1) is 23.3 Å². The molecule has 0 saturated carbocycles. The lowest BCUT2D eigenvalue weighted by Crippen LogP contribution is -1.91. The van der Waals surface area contributed by atoms with E-state index in [4.69, 9.17) is 18.1 Å². The van der Waals surface area contributed by atoms with E-state index in [2.05, 4.69) is 0 Å². The van der Waals surface area contributed by atoms with Gasteiger partial charge in [0, 0.05) is 10.8 Å². The summed E-state index contributed by atoms with van der Waals surface area (Å²) in [4.78, 5) is 0. The topological polar surface area (TPSA) is 13.1 Å². The fourth-order valence-electron chi connectivity index (χ4n) is 6.45. The fourth-order valence-corrected chi connectivity index (χ4v) is 6.45. The zero-order valence-corrected chi connectivity index (χ0v) is 24.3. The first-order valence-electron chi connectivity index (χ1n) is 23.3. The number of furan rings is 1. The summed E-state index contributed by atoms with van der Waals surface area (Å²) in [5.74, 6) is 0. The van der Waals surface area contributed by atoms with Crippen LogP contribution < -0.4 is 0 Å². The van der Waals surface area contributed by atoms with Crippen LogP contribution in [0.1, 0.15) is 23.3 Å². The highest BCUT2D eigenvalue weighted by atomic mass is 16.3. The van der Waals surface area contributed by atoms with Gasteiger partial charge >= 0.3 is 0 Å². The van der Waals surface area contributed by atoms with Gasteiger partial charge in [-0.15, -0.1) is 0 Å². The van der Waals surface area contributed by atoms with Crippen LogP contribution in [-0.2, 0) is 0 Å². The Hall–Kier alpha value is -6.18. The first-order valence-corrected chi connectivity index (χ1v) is 14.8. The van der Waals surface area contributed by atoms with Crippen LogP contribution in [0.4, 0.5) is 0 Å². The molecular weight excluding hydrogens is 569 g/mol. The van der Waals surface area contributed by atoms with E-state index in [-0.39, 0.29) is 54.2 Å². The molecule has 0 aliphatic carbocycles. The standard InChI is InChI=1S/C46H28O/c1-2-10-29(11-3-1)31-18-19-33-27-34(21-20-32(33)26-31)44-37-14-6-8-16-39(37)45(40-17-9-7-15-38(40)44)35-23-24-42-41(28-35)46-36-13-5-4-12-30(36)22-25-43(46)47-42/h1-28H/i4D,5D,6D,7D,8D,9D,12D,13D,14D,15D,16D,17D,22D,23D,24D,25D,28D. The van der Waals surface area contributed by atoms with E-state index in [1.165, 1.54) is 0 Å². The lowest BCUT2D eigenvalue weighted by atomic mass is 9.85. The Morgan fingerprint density at radius 2 is 0.957 bits per heavy atom. The van der Waals surface area contributed by atoms with Crippen molar-refractivity contribution >= 4 is 65.0 Å². The van der Waals surface area contributed by atoms with Gasteiger partial charge in [-0.25, -0.2) is 0 Å². The zero-order chi connectivity index (χ0) is 45.7. The third-order valence-corrected chi connectivity index (χ3v) is 8.56. The molecule has 1 aromatic heterocycles. The average Bonchev–Trinajstić information content (AvgIpc) is 3.71. The van der Waals surface area contributed by atoms with Crippen molar-refractivity contribution in [3.63, 3.8) is 0 Å². The summed E-state index contributed by atoms with van der Waals surface area (Å²) in [6, 6.07) is 9.51. The van der Waals surface area contributed by atoms with Crippen molar-refractivity contribution in [2.75, 3.05) is 0 Å².